The lowest BCUT2D eigenvalue weighted by atomic mass is 9.91. The minimum absolute atomic E-state index is 0.202. The Bertz CT molecular complexity index is 478. The van der Waals surface area contributed by atoms with Crippen molar-refractivity contribution in [1.82, 2.24) is 5.32 Å². The van der Waals surface area contributed by atoms with Crippen LogP contribution in [-0.4, -0.2) is 25.2 Å². The first kappa shape index (κ1) is 16.6. The van der Waals surface area contributed by atoms with E-state index in [2.05, 4.69) is 37.9 Å². The number of halogens is 2. The molecule has 1 heterocycles. The minimum atomic E-state index is -0.352. The number of anilines is 1. The maximum atomic E-state index is 13.4. The predicted molar refractivity (Wildman–Crippen MR) is 88.6 cm³/mol. The van der Waals surface area contributed by atoms with Crippen molar-refractivity contribution in [3.8, 4) is 0 Å². The molecule has 0 aliphatic carbocycles. The largest absolute Gasteiger partial charge is 0.365 e. The maximum Gasteiger partial charge on any atom is 0.141 e. The van der Waals surface area contributed by atoms with Crippen molar-refractivity contribution < 1.29 is 4.39 Å². The van der Waals surface area contributed by atoms with Gasteiger partial charge in [0.15, 0.2) is 0 Å². The maximum absolute atomic E-state index is 13.4. The molecule has 118 valence electrons. The normalized spacial score (nSPS) is 24.4. The van der Waals surface area contributed by atoms with Crippen molar-refractivity contribution in [2.75, 3.05) is 18.0 Å². The summed E-state index contributed by atoms with van der Waals surface area (Å²) in [5.41, 5.74) is 1.02. The van der Waals surface area contributed by atoms with Gasteiger partial charge in [0.05, 0.1) is 5.02 Å². The number of benzene rings is 1. The van der Waals surface area contributed by atoms with E-state index < -0.39 is 0 Å². The topological polar surface area (TPSA) is 15.3 Å². The molecule has 1 fully saturated rings. The molecule has 21 heavy (non-hydrogen) atoms. The van der Waals surface area contributed by atoms with Gasteiger partial charge in [-0.25, -0.2) is 4.39 Å². The Morgan fingerprint density at radius 2 is 2.10 bits per heavy atom. The first-order valence-corrected chi connectivity index (χ1v) is 8.26. The average Bonchev–Trinajstić information content (AvgIpc) is 2.48. The molecule has 4 heteroatoms. The summed E-state index contributed by atoms with van der Waals surface area (Å²) in [4.78, 5) is 2.39. The van der Waals surface area contributed by atoms with Crippen LogP contribution in [0.25, 0.3) is 0 Å². The van der Waals surface area contributed by atoms with Crippen LogP contribution in [0.1, 0.15) is 34.1 Å². The third-order valence-corrected chi connectivity index (χ3v) is 5.01. The number of hydrogen-bond donors (Lipinski definition) is 1. The van der Waals surface area contributed by atoms with Gasteiger partial charge in [0.25, 0.3) is 0 Å². The summed E-state index contributed by atoms with van der Waals surface area (Å²) in [6.07, 6.45) is 1.15. The van der Waals surface area contributed by atoms with E-state index in [4.69, 9.17) is 11.6 Å². The van der Waals surface area contributed by atoms with Crippen LogP contribution in [0.3, 0.4) is 0 Å². The van der Waals surface area contributed by atoms with E-state index >= 15 is 0 Å². The second kappa shape index (κ2) is 6.97. The van der Waals surface area contributed by atoms with Crippen LogP contribution in [-0.2, 0) is 0 Å². The number of nitrogens with zero attached hydrogens (tertiary/aromatic N) is 1. The van der Waals surface area contributed by atoms with Crippen molar-refractivity contribution in [2.45, 2.75) is 46.2 Å². The zero-order valence-electron chi connectivity index (χ0n) is 13.4. The lowest BCUT2D eigenvalue weighted by molar-refractivity contribution is 0.281. The molecule has 0 saturated carbocycles. The summed E-state index contributed by atoms with van der Waals surface area (Å²) in [6, 6.07) is 5.94. The summed E-state index contributed by atoms with van der Waals surface area (Å²) in [6.45, 7) is 10.9. The Balaban J connectivity index is 2.26. The number of piperazine rings is 1. The summed E-state index contributed by atoms with van der Waals surface area (Å²) in [5, 5.41) is 3.88. The second-order valence-electron chi connectivity index (χ2n) is 6.46. The van der Waals surface area contributed by atoms with Gasteiger partial charge in [-0.3, -0.25) is 0 Å². The number of rotatable bonds is 4. The van der Waals surface area contributed by atoms with Crippen LogP contribution in [0.5, 0.6) is 0 Å². The number of hydrogen-bond acceptors (Lipinski definition) is 2. The molecule has 0 radical (unpaired) electrons. The SMILES string of the molecule is CCC(C)C1CN(c2ccc(F)c(Cl)c2)C(C(C)C)CN1. The highest BCUT2D eigenvalue weighted by molar-refractivity contribution is 6.31. The zero-order chi connectivity index (χ0) is 15.6. The van der Waals surface area contributed by atoms with E-state index in [1.165, 1.54) is 6.07 Å². The van der Waals surface area contributed by atoms with Crippen LogP contribution in [0.2, 0.25) is 5.02 Å². The molecule has 1 saturated heterocycles. The van der Waals surface area contributed by atoms with Crippen molar-refractivity contribution in [3.05, 3.63) is 29.0 Å². The van der Waals surface area contributed by atoms with Gasteiger partial charge >= 0.3 is 0 Å². The highest BCUT2D eigenvalue weighted by Crippen LogP contribution is 2.29. The Morgan fingerprint density at radius 3 is 2.67 bits per heavy atom. The van der Waals surface area contributed by atoms with Gasteiger partial charge in [0, 0.05) is 30.9 Å². The second-order valence-corrected chi connectivity index (χ2v) is 6.87. The Labute approximate surface area is 132 Å². The Hall–Kier alpha value is -0.800. The van der Waals surface area contributed by atoms with Crippen LogP contribution < -0.4 is 10.2 Å². The van der Waals surface area contributed by atoms with Gasteiger partial charge in [0.2, 0.25) is 0 Å². The molecular weight excluding hydrogens is 287 g/mol. The van der Waals surface area contributed by atoms with Gasteiger partial charge in [-0.2, -0.15) is 0 Å². The van der Waals surface area contributed by atoms with Crippen molar-refractivity contribution in [3.63, 3.8) is 0 Å². The Morgan fingerprint density at radius 1 is 1.38 bits per heavy atom. The Kier molecular flexibility index (Phi) is 5.50. The monoisotopic (exact) mass is 312 g/mol. The van der Waals surface area contributed by atoms with Gasteiger partial charge in [-0.15, -0.1) is 0 Å². The first-order chi connectivity index (χ1) is 9.93. The summed E-state index contributed by atoms with van der Waals surface area (Å²) in [5.74, 6) is 0.797. The lowest BCUT2D eigenvalue weighted by Gasteiger charge is -2.45. The lowest BCUT2D eigenvalue weighted by Crippen LogP contribution is -2.60. The van der Waals surface area contributed by atoms with Gasteiger partial charge in [-0.1, -0.05) is 45.7 Å². The van der Waals surface area contributed by atoms with Crippen LogP contribution in [0.4, 0.5) is 10.1 Å². The molecule has 0 aromatic heterocycles. The predicted octanol–water partition coefficient (Wildman–Crippen LogP) is 4.33. The molecule has 0 amide bonds. The van der Waals surface area contributed by atoms with E-state index in [1.54, 1.807) is 6.07 Å². The van der Waals surface area contributed by atoms with E-state index in [-0.39, 0.29) is 10.8 Å². The van der Waals surface area contributed by atoms with Crippen LogP contribution in [0, 0.1) is 17.7 Å². The summed E-state index contributed by atoms with van der Waals surface area (Å²) < 4.78 is 13.4. The molecule has 1 aliphatic rings. The fourth-order valence-corrected chi connectivity index (χ4v) is 3.19. The van der Waals surface area contributed by atoms with Crippen LogP contribution in [0.15, 0.2) is 18.2 Å². The van der Waals surface area contributed by atoms with Gasteiger partial charge in [-0.05, 0) is 30.0 Å². The van der Waals surface area contributed by atoms with E-state index in [0.717, 1.165) is 25.2 Å². The minimum Gasteiger partial charge on any atom is -0.365 e. The smallest absolute Gasteiger partial charge is 0.141 e. The molecule has 0 bridgehead atoms. The molecular formula is C17H26ClFN2. The van der Waals surface area contributed by atoms with Crippen LogP contribution >= 0.6 is 11.6 Å². The molecule has 2 nitrogen and oxygen atoms in total. The molecule has 1 aliphatic heterocycles. The van der Waals surface area contributed by atoms with Crippen molar-refractivity contribution in [2.24, 2.45) is 11.8 Å². The van der Waals surface area contributed by atoms with E-state index in [9.17, 15) is 4.39 Å². The fourth-order valence-electron chi connectivity index (χ4n) is 3.02. The highest BCUT2D eigenvalue weighted by atomic mass is 35.5. The molecule has 3 atom stereocenters. The summed E-state index contributed by atoms with van der Waals surface area (Å²) in [7, 11) is 0. The number of nitrogens with one attached hydrogen (secondary N) is 1. The van der Waals surface area contributed by atoms with Crippen molar-refractivity contribution in [1.29, 1.82) is 0 Å². The third-order valence-electron chi connectivity index (χ3n) is 4.72. The average molecular weight is 313 g/mol. The van der Waals surface area contributed by atoms with Gasteiger partial charge in [0.1, 0.15) is 5.82 Å². The molecule has 1 N–H and O–H groups in total. The van der Waals surface area contributed by atoms with Crippen molar-refractivity contribution >= 4 is 17.3 Å². The molecule has 0 spiro atoms. The summed E-state index contributed by atoms with van der Waals surface area (Å²) >= 11 is 5.97. The zero-order valence-corrected chi connectivity index (χ0v) is 14.1. The molecule has 3 unspecified atom stereocenters. The van der Waals surface area contributed by atoms with E-state index in [0.29, 0.717) is 23.9 Å². The molecule has 1 aromatic carbocycles. The molecule has 2 rings (SSSR count). The fraction of sp³-hybridized carbons (Fsp3) is 0.647. The molecule has 1 aromatic rings. The standard InChI is InChI=1S/C17H26ClFN2/c1-5-12(4)16-10-21(17(9-20-16)11(2)3)13-6-7-15(19)14(18)8-13/h6-8,11-12,16-17,20H,5,9-10H2,1-4H3. The first-order valence-electron chi connectivity index (χ1n) is 7.89. The highest BCUT2D eigenvalue weighted by Gasteiger charge is 2.32. The third kappa shape index (κ3) is 3.70. The van der Waals surface area contributed by atoms with Gasteiger partial charge < -0.3 is 10.2 Å². The van der Waals surface area contributed by atoms with E-state index in [1.807, 2.05) is 6.07 Å². The quantitative estimate of drug-likeness (QED) is 0.890.